The fourth-order valence-corrected chi connectivity index (χ4v) is 2.35. The molecule has 13 heavy (non-hydrogen) atoms. The van der Waals surface area contributed by atoms with Gasteiger partial charge in [0.25, 0.3) is 0 Å². The van der Waals surface area contributed by atoms with Crippen molar-refractivity contribution in [3.05, 3.63) is 24.7 Å². The third-order valence-corrected chi connectivity index (χ3v) is 3.07. The van der Waals surface area contributed by atoms with Gasteiger partial charge in [0.05, 0.1) is 36.6 Å². The molecular formula is C8H10O3S2. The smallest absolute Gasteiger partial charge is 0.145 e. The van der Waals surface area contributed by atoms with Crippen molar-refractivity contribution >= 4 is 24.1 Å². The summed E-state index contributed by atoms with van der Waals surface area (Å²) in [5.74, 6) is 0. The largest absolute Gasteiger partial charge is 0.431 e. The summed E-state index contributed by atoms with van der Waals surface area (Å²) in [4.78, 5) is 0. The number of hydrogen-bond acceptors (Lipinski definition) is 5. The van der Waals surface area contributed by atoms with Crippen LogP contribution in [0.4, 0.5) is 0 Å². The Kier molecular flexibility index (Phi) is 3.46. The minimum atomic E-state index is 0.0950. The van der Waals surface area contributed by atoms with Gasteiger partial charge in [0.1, 0.15) is 10.9 Å². The predicted molar refractivity (Wildman–Crippen MR) is 53.5 cm³/mol. The van der Waals surface area contributed by atoms with Crippen LogP contribution in [0.1, 0.15) is 12.8 Å². The van der Waals surface area contributed by atoms with E-state index in [-0.39, 0.29) is 10.9 Å². The van der Waals surface area contributed by atoms with Crippen LogP contribution in [0.2, 0.25) is 0 Å². The second kappa shape index (κ2) is 4.83. The van der Waals surface area contributed by atoms with Crippen molar-refractivity contribution in [3.63, 3.8) is 0 Å². The molecule has 0 radical (unpaired) electrons. The quantitative estimate of drug-likeness (QED) is 0.664. The van der Waals surface area contributed by atoms with Crippen LogP contribution in [-0.4, -0.2) is 10.9 Å². The second-order valence-electron chi connectivity index (χ2n) is 2.60. The number of hydrogen-bond donors (Lipinski definition) is 0. The van der Waals surface area contributed by atoms with Crippen LogP contribution >= 0.6 is 24.1 Å². The van der Waals surface area contributed by atoms with Gasteiger partial charge in [-0.25, -0.2) is 0 Å². The molecule has 0 saturated carbocycles. The van der Waals surface area contributed by atoms with E-state index in [1.807, 2.05) is 12.2 Å². The van der Waals surface area contributed by atoms with Gasteiger partial charge in [-0.1, -0.05) is 0 Å². The summed E-state index contributed by atoms with van der Waals surface area (Å²) >= 11 is 2.71. The van der Waals surface area contributed by atoms with Crippen molar-refractivity contribution in [3.8, 4) is 0 Å². The minimum Gasteiger partial charge on any atom is -0.431 e. The van der Waals surface area contributed by atoms with E-state index in [9.17, 15) is 0 Å². The highest BCUT2D eigenvalue weighted by atomic mass is 32.2. The van der Waals surface area contributed by atoms with Crippen molar-refractivity contribution in [1.29, 1.82) is 0 Å². The summed E-state index contributed by atoms with van der Waals surface area (Å²) in [5.41, 5.74) is 0.190. The molecule has 0 spiro atoms. The lowest BCUT2D eigenvalue weighted by molar-refractivity contribution is 0.0834. The molecule has 0 aliphatic carbocycles. The van der Waals surface area contributed by atoms with Gasteiger partial charge in [-0.15, -0.1) is 0 Å². The van der Waals surface area contributed by atoms with Gasteiger partial charge in [-0.05, 0) is 12.2 Å². The standard InChI is InChI=1S/C8H10O3S2/c1-3-7(12-9-5-1)11-8-4-2-6-10-13-8/h1-2,5-8H,3-4H2. The molecule has 3 nitrogen and oxygen atoms in total. The van der Waals surface area contributed by atoms with E-state index in [4.69, 9.17) is 13.1 Å². The highest BCUT2D eigenvalue weighted by molar-refractivity contribution is 7.96. The first-order valence-electron chi connectivity index (χ1n) is 4.05. The van der Waals surface area contributed by atoms with E-state index < -0.39 is 0 Å². The zero-order valence-corrected chi connectivity index (χ0v) is 8.55. The van der Waals surface area contributed by atoms with Crippen molar-refractivity contribution in [2.45, 2.75) is 23.7 Å². The Bertz CT molecular complexity index is 195. The zero-order chi connectivity index (χ0) is 8.93. The summed E-state index contributed by atoms with van der Waals surface area (Å²) in [7, 11) is 0. The minimum absolute atomic E-state index is 0.0950. The van der Waals surface area contributed by atoms with Crippen LogP contribution in [0, 0.1) is 0 Å². The molecule has 2 aliphatic rings. The predicted octanol–water partition coefficient (Wildman–Crippen LogP) is 2.82. The molecule has 0 saturated heterocycles. The van der Waals surface area contributed by atoms with Gasteiger partial charge in [0.2, 0.25) is 0 Å². The van der Waals surface area contributed by atoms with E-state index in [2.05, 4.69) is 0 Å². The Morgan fingerprint density at radius 1 is 1.00 bits per heavy atom. The molecule has 5 heteroatoms. The van der Waals surface area contributed by atoms with Crippen molar-refractivity contribution in [2.75, 3.05) is 0 Å². The molecule has 2 rings (SSSR count). The SMILES string of the molecule is C1=COSC(OC2CC=COS2)C1. The van der Waals surface area contributed by atoms with E-state index in [0.717, 1.165) is 12.8 Å². The molecule has 2 heterocycles. The van der Waals surface area contributed by atoms with E-state index in [0.29, 0.717) is 0 Å². The fraction of sp³-hybridized carbons (Fsp3) is 0.500. The highest BCUT2D eigenvalue weighted by Gasteiger charge is 2.21. The maximum absolute atomic E-state index is 5.71. The monoisotopic (exact) mass is 218 g/mol. The van der Waals surface area contributed by atoms with Crippen LogP contribution < -0.4 is 0 Å². The summed E-state index contributed by atoms with van der Waals surface area (Å²) in [5, 5.41) is 0. The molecule has 0 N–H and O–H groups in total. The third-order valence-electron chi connectivity index (χ3n) is 1.59. The molecule has 0 aromatic heterocycles. The molecule has 2 unspecified atom stereocenters. The van der Waals surface area contributed by atoms with Crippen LogP contribution in [0.15, 0.2) is 24.7 Å². The maximum Gasteiger partial charge on any atom is 0.145 e. The Hall–Kier alpha value is -0.260. The van der Waals surface area contributed by atoms with Crippen LogP contribution in [0.25, 0.3) is 0 Å². The molecular weight excluding hydrogens is 208 g/mol. The van der Waals surface area contributed by atoms with Crippen molar-refractivity contribution in [2.24, 2.45) is 0 Å². The summed E-state index contributed by atoms with van der Waals surface area (Å²) in [6.45, 7) is 0. The molecule has 0 fully saturated rings. The lowest BCUT2D eigenvalue weighted by Crippen LogP contribution is -2.18. The Morgan fingerprint density at radius 3 is 1.92 bits per heavy atom. The van der Waals surface area contributed by atoms with Gasteiger partial charge in [-0.2, -0.15) is 0 Å². The Balaban J connectivity index is 1.76. The van der Waals surface area contributed by atoms with Crippen molar-refractivity contribution in [1.82, 2.24) is 0 Å². The average molecular weight is 218 g/mol. The first kappa shape index (κ1) is 9.30. The van der Waals surface area contributed by atoms with Gasteiger partial charge in [0, 0.05) is 12.8 Å². The first-order chi connectivity index (χ1) is 6.45. The molecule has 2 aliphatic heterocycles. The van der Waals surface area contributed by atoms with Gasteiger partial charge in [0.15, 0.2) is 0 Å². The molecule has 0 bridgehead atoms. The average Bonchev–Trinajstić information content (AvgIpc) is 2.21. The molecule has 2 atom stereocenters. The summed E-state index contributed by atoms with van der Waals surface area (Å²) in [6, 6.07) is 0. The van der Waals surface area contributed by atoms with Gasteiger partial charge >= 0.3 is 0 Å². The third kappa shape index (κ3) is 2.86. The topological polar surface area (TPSA) is 27.7 Å². The fourth-order valence-electron chi connectivity index (χ4n) is 1.00. The van der Waals surface area contributed by atoms with Crippen LogP contribution in [0.5, 0.6) is 0 Å². The zero-order valence-electron chi connectivity index (χ0n) is 6.92. The summed E-state index contributed by atoms with van der Waals surface area (Å²) in [6.07, 6.45) is 9.09. The maximum atomic E-state index is 5.71. The first-order valence-corrected chi connectivity index (χ1v) is 5.66. The molecule has 0 aromatic rings. The molecule has 72 valence electrons. The van der Waals surface area contributed by atoms with Gasteiger partial charge in [-0.3, -0.25) is 0 Å². The molecule has 0 aromatic carbocycles. The lowest BCUT2D eigenvalue weighted by atomic mass is 10.4. The Labute approximate surface area is 85.9 Å². The highest BCUT2D eigenvalue weighted by Crippen LogP contribution is 2.30. The number of rotatable bonds is 2. The van der Waals surface area contributed by atoms with Crippen LogP contribution in [-0.2, 0) is 13.1 Å². The van der Waals surface area contributed by atoms with Crippen LogP contribution in [0.3, 0.4) is 0 Å². The van der Waals surface area contributed by atoms with E-state index in [1.54, 1.807) is 12.5 Å². The number of ether oxygens (including phenoxy) is 1. The van der Waals surface area contributed by atoms with Gasteiger partial charge < -0.3 is 13.1 Å². The molecule has 0 amide bonds. The Morgan fingerprint density at radius 2 is 1.54 bits per heavy atom. The van der Waals surface area contributed by atoms with E-state index >= 15 is 0 Å². The van der Waals surface area contributed by atoms with E-state index in [1.165, 1.54) is 24.1 Å². The normalized spacial score (nSPS) is 32.3. The van der Waals surface area contributed by atoms with Crippen molar-refractivity contribution < 1.29 is 13.1 Å². The lowest BCUT2D eigenvalue weighted by Gasteiger charge is -2.23. The summed E-state index contributed by atoms with van der Waals surface area (Å²) < 4.78 is 15.8. The second-order valence-corrected chi connectivity index (χ2v) is 4.42.